The van der Waals surface area contributed by atoms with Gasteiger partial charge in [0.25, 0.3) is 0 Å². The van der Waals surface area contributed by atoms with Crippen molar-refractivity contribution in [1.29, 1.82) is 0 Å². The summed E-state index contributed by atoms with van der Waals surface area (Å²) in [4.78, 5) is 0. The van der Waals surface area contributed by atoms with Gasteiger partial charge >= 0.3 is 0 Å². The number of ether oxygens (including phenoxy) is 1. The van der Waals surface area contributed by atoms with E-state index in [1.165, 1.54) is 0 Å². The van der Waals surface area contributed by atoms with Crippen molar-refractivity contribution in [3.63, 3.8) is 0 Å². The molecule has 0 aliphatic carbocycles. The van der Waals surface area contributed by atoms with Gasteiger partial charge in [-0.25, -0.2) is 0 Å². The lowest BCUT2D eigenvalue weighted by atomic mass is 9.74. The monoisotopic (exact) mass is 319 g/mol. The highest BCUT2D eigenvalue weighted by Crippen LogP contribution is 2.39. The van der Waals surface area contributed by atoms with Crippen LogP contribution in [0.1, 0.15) is 24.5 Å². The lowest BCUT2D eigenvalue weighted by Gasteiger charge is -2.33. The summed E-state index contributed by atoms with van der Waals surface area (Å²) in [5.41, 5.74) is 7.34. The number of hydrogen-bond donors (Lipinski definition) is 2. The molecule has 0 aliphatic rings. The quantitative estimate of drug-likeness (QED) is 0.801. The number of benzene rings is 2. The minimum Gasteiger partial charge on any atom is -0.496 e. The molecule has 2 aromatic rings. The Kier molecular flexibility index (Phi) is 5.46. The van der Waals surface area contributed by atoms with E-state index in [1.807, 2.05) is 48.5 Å². The number of halogens is 1. The Bertz CT molecular complexity index is 630. The molecule has 2 rings (SSSR count). The van der Waals surface area contributed by atoms with Gasteiger partial charge < -0.3 is 15.6 Å². The van der Waals surface area contributed by atoms with E-state index in [4.69, 9.17) is 22.1 Å². The third-order valence-corrected chi connectivity index (χ3v) is 4.32. The first kappa shape index (κ1) is 16.8. The van der Waals surface area contributed by atoms with Crippen LogP contribution in [-0.4, -0.2) is 18.4 Å². The summed E-state index contributed by atoms with van der Waals surface area (Å²) in [5, 5.41) is 10.5. The second-order valence-corrected chi connectivity index (χ2v) is 6.21. The Balaban J connectivity index is 2.46. The molecule has 118 valence electrons. The molecule has 2 atom stereocenters. The van der Waals surface area contributed by atoms with E-state index in [0.717, 1.165) is 21.9 Å². The molecule has 22 heavy (non-hydrogen) atoms. The van der Waals surface area contributed by atoms with Gasteiger partial charge in [-0.3, -0.25) is 0 Å². The van der Waals surface area contributed by atoms with E-state index in [2.05, 4.69) is 6.92 Å². The van der Waals surface area contributed by atoms with Crippen molar-refractivity contribution in [3.8, 4) is 5.75 Å². The van der Waals surface area contributed by atoms with E-state index in [0.29, 0.717) is 12.8 Å². The largest absolute Gasteiger partial charge is 0.496 e. The third kappa shape index (κ3) is 3.80. The molecule has 0 saturated heterocycles. The van der Waals surface area contributed by atoms with Crippen LogP contribution in [0.2, 0.25) is 5.02 Å². The average molecular weight is 320 g/mol. The van der Waals surface area contributed by atoms with Crippen LogP contribution < -0.4 is 10.5 Å². The fourth-order valence-corrected chi connectivity index (χ4v) is 3.15. The van der Waals surface area contributed by atoms with Crippen molar-refractivity contribution in [2.45, 2.75) is 31.4 Å². The summed E-state index contributed by atoms with van der Waals surface area (Å²) in [5.74, 6) is 0.790. The number of nitrogens with two attached hydrogens (primary N) is 1. The molecule has 3 nitrogen and oxygen atoms in total. The van der Waals surface area contributed by atoms with E-state index < -0.39 is 6.23 Å². The van der Waals surface area contributed by atoms with Gasteiger partial charge in [-0.15, -0.1) is 0 Å². The molecular weight excluding hydrogens is 298 g/mol. The SMILES string of the molecule is COc1ccccc1C(C)(Cc1ccccc1Cl)C[C@H](N)O. The fraction of sp³-hybridized carbons (Fsp3) is 0.333. The molecule has 0 amide bonds. The van der Waals surface area contributed by atoms with Gasteiger partial charge in [-0.05, 0) is 30.5 Å². The van der Waals surface area contributed by atoms with Crippen molar-refractivity contribution < 1.29 is 9.84 Å². The second-order valence-electron chi connectivity index (χ2n) is 5.80. The van der Waals surface area contributed by atoms with Crippen LogP contribution in [0.4, 0.5) is 0 Å². The average Bonchev–Trinajstić information content (AvgIpc) is 2.49. The number of para-hydroxylation sites is 1. The van der Waals surface area contributed by atoms with Crippen LogP contribution in [0.15, 0.2) is 48.5 Å². The topological polar surface area (TPSA) is 55.5 Å². The summed E-state index contributed by atoms with van der Waals surface area (Å²) in [6.07, 6.45) is 0.178. The third-order valence-electron chi connectivity index (χ3n) is 3.96. The van der Waals surface area contributed by atoms with Gasteiger partial charge in [0, 0.05) is 16.0 Å². The molecule has 2 aromatic carbocycles. The van der Waals surface area contributed by atoms with Crippen molar-refractivity contribution in [3.05, 3.63) is 64.7 Å². The molecule has 0 radical (unpaired) electrons. The minimum absolute atomic E-state index is 0.383. The first-order valence-electron chi connectivity index (χ1n) is 7.27. The molecule has 0 bridgehead atoms. The molecular formula is C18H22ClNO2. The summed E-state index contributed by atoms with van der Waals surface area (Å²) in [6.45, 7) is 2.07. The molecule has 4 heteroatoms. The number of hydrogen-bond acceptors (Lipinski definition) is 3. The summed E-state index contributed by atoms with van der Waals surface area (Å²) in [6, 6.07) is 15.6. The highest BCUT2D eigenvalue weighted by molar-refractivity contribution is 6.31. The zero-order valence-corrected chi connectivity index (χ0v) is 13.7. The van der Waals surface area contributed by atoms with Gasteiger partial charge in [0.2, 0.25) is 0 Å². The summed E-state index contributed by atoms with van der Waals surface area (Å²) in [7, 11) is 1.65. The maximum Gasteiger partial charge on any atom is 0.122 e. The van der Waals surface area contributed by atoms with Gasteiger partial charge in [0.1, 0.15) is 12.0 Å². The van der Waals surface area contributed by atoms with E-state index in [1.54, 1.807) is 7.11 Å². The summed E-state index contributed by atoms with van der Waals surface area (Å²) < 4.78 is 5.49. The maximum atomic E-state index is 9.76. The van der Waals surface area contributed by atoms with Crippen molar-refractivity contribution >= 4 is 11.6 Å². The number of aliphatic hydroxyl groups is 1. The number of aliphatic hydroxyl groups excluding tert-OH is 1. The highest BCUT2D eigenvalue weighted by Gasteiger charge is 2.32. The van der Waals surface area contributed by atoms with Gasteiger partial charge in [0.05, 0.1) is 7.11 Å². The minimum atomic E-state index is -0.905. The van der Waals surface area contributed by atoms with Crippen molar-refractivity contribution in [1.82, 2.24) is 0 Å². The zero-order chi connectivity index (χ0) is 16.2. The molecule has 0 heterocycles. The predicted molar refractivity (Wildman–Crippen MR) is 90.3 cm³/mol. The van der Waals surface area contributed by atoms with Crippen LogP contribution >= 0.6 is 11.6 Å². The molecule has 0 fully saturated rings. The first-order valence-corrected chi connectivity index (χ1v) is 7.64. The van der Waals surface area contributed by atoms with Gasteiger partial charge in [-0.2, -0.15) is 0 Å². The molecule has 0 aliphatic heterocycles. The Morgan fingerprint density at radius 3 is 2.45 bits per heavy atom. The fourth-order valence-electron chi connectivity index (χ4n) is 2.94. The molecule has 1 unspecified atom stereocenters. The lowest BCUT2D eigenvalue weighted by molar-refractivity contribution is 0.139. The normalized spacial score (nSPS) is 15.1. The van der Waals surface area contributed by atoms with Crippen LogP contribution in [0.5, 0.6) is 5.75 Å². The molecule has 0 spiro atoms. The molecule has 0 aromatic heterocycles. The lowest BCUT2D eigenvalue weighted by Crippen LogP contribution is -2.34. The Labute approximate surface area is 136 Å². The van der Waals surface area contributed by atoms with Gasteiger partial charge in [0.15, 0.2) is 0 Å². The Hall–Kier alpha value is -1.55. The van der Waals surface area contributed by atoms with E-state index in [-0.39, 0.29) is 5.41 Å². The Morgan fingerprint density at radius 2 is 1.82 bits per heavy atom. The van der Waals surface area contributed by atoms with Crippen LogP contribution in [0.3, 0.4) is 0 Å². The summed E-state index contributed by atoms with van der Waals surface area (Å²) >= 11 is 6.30. The van der Waals surface area contributed by atoms with E-state index in [9.17, 15) is 5.11 Å². The van der Waals surface area contributed by atoms with Crippen LogP contribution in [0.25, 0.3) is 0 Å². The number of methoxy groups -OCH3 is 1. The number of rotatable bonds is 6. The Morgan fingerprint density at radius 1 is 1.18 bits per heavy atom. The molecule has 3 N–H and O–H groups in total. The predicted octanol–water partition coefficient (Wildman–Crippen LogP) is 3.52. The first-order chi connectivity index (χ1) is 10.5. The van der Waals surface area contributed by atoms with Crippen molar-refractivity contribution in [2.75, 3.05) is 7.11 Å². The highest BCUT2D eigenvalue weighted by atomic mass is 35.5. The van der Waals surface area contributed by atoms with Crippen LogP contribution in [-0.2, 0) is 11.8 Å². The molecule has 0 saturated carbocycles. The van der Waals surface area contributed by atoms with Gasteiger partial charge in [-0.1, -0.05) is 54.9 Å². The second kappa shape index (κ2) is 7.14. The smallest absolute Gasteiger partial charge is 0.122 e. The zero-order valence-electron chi connectivity index (χ0n) is 12.9. The van der Waals surface area contributed by atoms with E-state index >= 15 is 0 Å². The van der Waals surface area contributed by atoms with Crippen molar-refractivity contribution in [2.24, 2.45) is 5.73 Å². The standard InChI is InChI=1S/C18H22ClNO2/c1-18(12-17(20)21,11-13-7-3-5-9-15(13)19)14-8-4-6-10-16(14)22-2/h3-10,17,21H,11-12,20H2,1-2H3/t17-,18?/m1/s1. The maximum absolute atomic E-state index is 9.76. The van der Waals surface area contributed by atoms with Crippen LogP contribution in [0, 0.1) is 0 Å².